The Labute approximate surface area is 148 Å². The number of hydrogen-bond donors (Lipinski definition) is 1. The zero-order chi connectivity index (χ0) is 17.7. The average molecular weight is 349 g/mol. The van der Waals surface area contributed by atoms with Crippen LogP contribution >= 0.6 is 7.26 Å². The van der Waals surface area contributed by atoms with Gasteiger partial charge in [-0.25, -0.2) is 0 Å². The molecule has 0 fully saturated rings. The summed E-state index contributed by atoms with van der Waals surface area (Å²) in [5.74, 6) is -0.315. The monoisotopic (exact) mass is 349 g/mol. The fourth-order valence-corrected chi connectivity index (χ4v) is 7.84. The first-order chi connectivity index (χ1) is 12.2. The van der Waals surface area contributed by atoms with E-state index < -0.39 is 13.4 Å². The molecule has 0 saturated heterocycles. The van der Waals surface area contributed by atoms with Gasteiger partial charge in [-0.1, -0.05) is 54.6 Å². The van der Waals surface area contributed by atoms with Gasteiger partial charge in [0.2, 0.25) is 0 Å². The largest absolute Gasteiger partial charge is 0.530 e. The summed E-state index contributed by atoms with van der Waals surface area (Å²) in [6, 6.07) is 30.4. The summed E-state index contributed by atoms with van der Waals surface area (Å²) in [5.41, 5.74) is 0. The number of hydrogen-bond acceptors (Lipinski definition) is 2. The van der Waals surface area contributed by atoms with Crippen molar-refractivity contribution in [1.29, 1.82) is 0 Å². The molecule has 0 bridgehead atoms. The number of amides is 1. The van der Waals surface area contributed by atoms with Crippen molar-refractivity contribution in [2.24, 2.45) is 0 Å². The SMILES string of the molecule is CC(NC(=O)[O-])[P+](c1ccccc1)(c1ccccc1)c1ccccc1. The van der Waals surface area contributed by atoms with E-state index in [9.17, 15) is 9.90 Å². The summed E-state index contributed by atoms with van der Waals surface area (Å²) in [6.07, 6.45) is -1.25. The molecule has 1 amide bonds. The zero-order valence-corrected chi connectivity index (χ0v) is 14.9. The number of carbonyl (C=O) groups is 1. The average Bonchev–Trinajstić information content (AvgIpc) is 2.64. The highest BCUT2D eigenvalue weighted by molar-refractivity contribution is 7.96. The molecule has 3 rings (SSSR count). The highest BCUT2D eigenvalue weighted by atomic mass is 31.2. The van der Waals surface area contributed by atoms with Crippen molar-refractivity contribution in [3.63, 3.8) is 0 Å². The molecule has 3 aromatic carbocycles. The second kappa shape index (κ2) is 7.50. The van der Waals surface area contributed by atoms with Crippen molar-refractivity contribution in [1.82, 2.24) is 5.32 Å². The lowest BCUT2D eigenvalue weighted by Crippen LogP contribution is -2.49. The second-order valence-corrected chi connectivity index (χ2v) is 9.61. The van der Waals surface area contributed by atoms with Crippen LogP contribution in [0, 0.1) is 0 Å². The molecule has 25 heavy (non-hydrogen) atoms. The third kappa shape index (κ3) is 3.29. The fourth-order valence-electron chi connectivity index (χ4n) is 3.37. The quantitative estimate of drug-likeness (QED) is 0.719. The summed E-state index contributed by atoms with van der Waals surface area (Å²) in [7, 11) is -2.23. The van der Waals surface area contributed by atoms with E-state index in [1.807, 2.05) is 61.5 Å². The summed E-state index contributed by atoms with van der Waals surface area (Å²) >= 11 is 0. The van der Waals surface area contributed by atoms with Gasteiger partial charge in [-0.3, -0.25) is 0 Å². The fraction of sp³-hybridized carbons (Fsp3) is 0.0952. The van der Waals surface area contributed by atoms with Crippen molar-refractivity contribution in [2.75, 3.05) is 0 Å². The molecule has 0 aliphatic carbocycles. The van der Waals surface area contributed by atoms with Gasteiger partial charge in [0.25, 0.3) is 0 Å². The predicted octanol–water partition coefficient (Wildman–Crippen LogP) is 2.26. The third-order valence-electron chi connectivity index (χ3n) is 4.40. The van der Waals surface area contributed by atoms with Crippen molar-refractivity contribution in [3.05, 3.63) is 91.0 Å². The van der Waals surface area contributed by atoms with Gasteiger partial charge < -0.3 is 15.2 Å². The molecule has 0 aliphatic rings. The van der Waals surface area contributed by atoms with Gasteiger partial charge in [-0.2, -0.15) is 0 Å². The van der Waals surface area contributed by atoms with E-state index in [2.05, 4.69) is 41.7 Å². The Kier molecular flexibility index (Phi) is 5.16. The number of benzene rings is 3. The van der Waals surface area contributed by atoms with Crippen LogP contribution in [0.1, 0.15) is 6.92 Å². The maximum atomic E-state index is 11.3. The molecule has 3 nitrogen and oxygen atoms in total. The maximum absolute atomic E-state index is 11.3. The Morgan fingerprint density at radius 2 is 1.08 bits per heavy atom. The van der Waals surface area contributed by atoms with Crippen molar-refractivity contribution in [2.45, 2.75) is 12.7 Å². The molecule has 0 aromatic heterocycles. The van der Waals surface area contributed by atoms with Crippen molar-refractivity contribution >= 4 is 29.3 Å². The highest BCUT2D eigenvalue weighted by Gasteiger charge is 2.50. The molecule has 1 N–H and O–H groups in total. The smallest absolute Gasteiger partial charge is 0.150 e. The first-order valence-corrected chi connectivity index (χ1v) is 10.0. The minimum Gasteiger partial charge on any atom is -0.530 e. The third-order valence-corrected chi connectivity index (χ3v) is 9.03. The molecule has 0 saturated carbocycles. The van der Waals surface area contributed by atoms with E-state index in [0.29, 0.717) is 0 Å². The van der Waals surface area contributed by atoms with E-state index in [4.69, 9.17) is 0 Å². The minimum absolute atomic E-state index is 0.315. The topological polar surface area (TPSA) is 52.2 Å². The Bertz CT molecular complexity index is 726. The van der Waals surface area contributed by atoms with Gasteiger partial charge in [-0.15, -0.1) is 0 Å². The van der Waals surface area contributed by atoms with E-state index >= 15 is 0 Å². The summed E-state index contributed by atoms with van der Waals surface area (Å²) < 4.78 is 0. The predicted molar refractivity (Wildman–Crippen MR) is 103 cm³/mol. The van der Waals surface area contributed by atoms with Gasteiger partial charge in [-0.05, 0) is 43.3 Å². The summed E-state index contributed by atoms with van der Waals surface area (Å²) in [6.45, 7) is 1.93. The summed E-state index contributed by atoms with van der Waals surface area (Å²) in [5, 5.41) is 17.4. The number of carbonyl (C=O) groups excluding carboxylic acids is 1. The Morgan fingerprint density at radius 1 is 0.760 bits per heavy atom. The molecular weight excluding hydrogens is 329 g/mol. The molecule has 126 valence electrons. The normalized spacial score (nSPS) is 12.4. The van der Waals surface area contributed by atoms with Crippen molar-refractivity contribution < 1.29 is 9.90 Å². The van der Waals surface area contributed by atoms with E-state index in [0.717, 1.165) is 15.9 Å². The molecule has 4 heteroatoms. The molecule has 0 spiro atoms. The van der Waals surface area contributed by atoms with Crippen LogP contribution in [0.15, 0.2) is 91.0 Å². The molecule has 0 heterocycles. The van der Waals surface area contributed by atoms with Crippen LogP contribution < -0.4 is 26.3 Å². The molecule has 3 aromatic rings. The molecule has 1 unspecified atom stereocenters. The van der Waals surface area contributed by atoms with Crippen LogP contribution in [0.4, 0.5) is 4.79 Å². The molecule has 0 aliphatic heterocycles. The Hall–Kier alpha value is -2.64. The van der Waals surface area contributed by atoms with Crippen LogP contribution in [0.25, 0.3) is 0 Å². The lowest BCUT2D eigenvalue weighted by Gasteiger charge is -2.33. The summed E-state index contributed by atoms with van der Waals surface area (Å²) in [4.78, 5) is 11.3. The van der Waals surface area contributed by atoms with Crippen molar-refractivity contribution in [3.8, 4) is 0 Å². The van der Waals surface area contributed by atoms with Gasteiger partial charge >= 0.3 is 0 Å². The standard InChI is InChI=1S/C21H20NO2P/c1-17(22-21(23)24)25(18-11-5-2-6-12-18,19-13-7-3-8-14-19)20-15-9-4-10-16-20/h2-17,22H,1H3. The van der Waals surface area contributed by atoms with E-state index in [1.54, 1.807) is 0 Å². The number of rotatable bonds is 5. The van der Waals surface area contributed by atoms with E-state index in [1.165, 1.54) is 0 Å². The highest BCUT2D eigenvalue weighted by Crippen LogP contribution is 2.58. The van der Waals surface area contributed by atoms with Crippen LogP contribution in [0.5, 0.6) is 0 Å². The molecule has 1 atom stereocenters. The maximum Gasteiger partial charge on any atom is 0.150 e. The minimum atomic E-state index is -2.23. The number of carboxylic acid groups (broad SMARTS) is 1. The van der Waals surface area contributed by atoms with Gasteiger partial charge in [0.05, 0.1) is 0 Å². The second-order valence-electron chi connectivity index (χ2n) is 5.84. The van der Waals surface area contributed by atoms with Gasteiger partial charge in [0.1, 0.15) is 35.1 Å². The van der Waals surface area contributed by atoms with Gasteiger partial charge in [0.15, 0.2) is 0 Å². The first kappa shape index (κ1) is 17.2. The van der Waals surface area contributed by atoms with Gasteiger partial charge in [0, 0.05) is 0 Å². The first-order valence-electron chi connectivity index (χ1n) is 8.19. The zero-order valence-electron chi connectivity index (χ0n) is 14.0. The van der Waals surface area contributed by atoms with E-state index in [-0.39, 0.29) is 5.78 Å². The Morgan fingerprint density at radius 3 is 1.36 bits per heavy atom. The van der Waals surface area contributed by atoms with Crippen LogP contribution in [0.3, 0.4) is 0 Å². The van der Waals surface area contributed by atoms with Crippen LogP contribution in [-0.2, 0) is 0 Å². The lowest BCUT2D eigenvalue weighted by molar-refractivity contribution is -0.250. The van der Waals surface area contributed by atoms with Crippen LogP contribution in [-0.4, -0.2) is 11.9 Å². The Balaban J connectivity index is 2.33. The molecule has 0 radical (unpaired) electrons. The molecular formula is C21H20NO2P. The lowest BCUT2D eigenvalue weighted by atomic mass is 10.4. The number of nitrogens with one attached hydrogen (secondary N) is 1. The van der Waals surface area contributed by atoms with Crippen LogP contribution in [0.2, 0.25) is 0 Å².